The summed E-state index contributed by atoms with van der Waals surface area (Å²) in [5.41, 5.74) is 2.36. The monoisotopic (exact) mass is 456 g/mol. The van der Waals surface area contributed by atoms with E-state index in [2.05, 4.69) is 4.90 Å². The Labute approximate surface area is 192 Å². The van der Waals surface area contributed by atoms with Crippen molar-refractivity contribution in [1.29, 1.82) is 0 Å². The molecule has 0 unspecified atom stereocenters. The van der Waals surface area contributed by atoms with Crippen molar-refractivity contribution in [1.82, 2.24) is 9.80 Å². The minimum absolute atomic E-state index is 0.215. The summed E-state index contributed by atoms with van der Waals surface area (Å²) < 4.78 is 5.39. The molecule has 1 fully saturated rings. The van der Waals surface area contributed by atoms with Crippen molar-refractivity contribution in [3.05, 3.63) is 69.6 Å². The fourth-order valence-electron chi connectivity index (χ4n) is 3.72. The van der Waals surface area contributed by atoms with E-state index in [0.717, 1.165) is 55.3 Å². The average molecular weight is 457 g/mol. The predicted molar refractivity (Wildman–Crippen MR) is 124 cm³/mol. The summed E-state index contributed by atoms with van der Waals surface area (Å²) in [7, 11) is 0. The third kappa shape index (κ3) is 5.21. The second-order valence-corrected chi connectivity index (χ2v) is 9.22. The highest BCUT2D eigenvalue weighted by Crippen LogP contribution is 2.40. The molecule has 7 heteroatoms. The Morgan fingerprint density at radius 2 is 1.61 bits per heavy atom. The maximum absolute atomic E-state index is 13.3. The van der Waals surface area contributed by atoms with Gasteiger partial charge < -0.3 is 4.74 Å². The molecule has 0 aromatic heterocycles. The Morgan fingerprint density at radius 1 is 0.935 bits per heavy atom. The molecule has 0 bridgehead atoms. The molecule has 2 aliphatic heterocycles. The molecule has 4 rings (SSSR count). The van der Waals surface area contributed by atoms with Gasteiger partial charge in [0.05, 0.1) is 23.7 Å². The fraction of sp³-hybridized carbons (Fsp3) is 0.333. The highest BCUT2D eigenvalue weighted by molar-refractivity contribution is 8.04. The van der Waals surface area contributed by atoms with Crippen molar-refractivity contribution < 1.29 is 14.3 Å². The van der Waals surface area contributed by atoms with E-state index in [1.807, 2.05) is 43.3 Å². The SMILES string of the molecule is Cc1ccc(C2=C(Sc3ccc(Cl)cc3)C(=O)N(CCCN3CCOCC3)C2=O)cc1. The summed E-state index contributed by atoms with van der Waals surface area (Å²) in [5.74, 6) is -0.435. The summed E-state index contributed by atoms with van der Waals surface area (Å²) in [5, 5.41) is 0.635. The summed E-state index contributed by atoms with van der Waals surface area (Å²) in [4.78, 5) is 31.7. The third-order valence-electron chi connectivity index (χ3n) is 5.46. The Balaban J connectivity index is 1.55. The number of nitrogens with zero attached hydrogens (tertiary/aromatic N) is 2. The number of hydrogen-bond donors (Lipinski definition) is 0. The highest BCUT2D eigenvalue weighted by atomic mass is 35.5. The lowest BCUT2D eigenvalue weighted by atomic mass is 10.0. The zero-order valence-electron chi connectivity index (χ0n) is 17.5. The van der Waals surface area contributed by atoms with Gasteiger partial charge in [-0.15, -0.1) is 0 Å². The minimum Gasteiger partial charge on any atom is -0.379 e. The Kier molecular flexibility index (Phi) is 7.13. The first-order valence-corrected chi connectivity index (χ1v) is 11.6. The topological polar surface area (TPSA) is 49.9 Å². The maximum Gasteiger partial charge on any atom is 0.268 e. The van der Waals surface area contributed by atoms with Crippen LogP contribution < -0.4 is 0 Å². The first kappa shape index (κ1) is 22.1. The van der Waals surface area contributed by atoms with Crippen LogP contribution in [0.3, 0.4) is 0 Å². The second kappa shape index (κ2) is 10.0. The molecule has 2 aliphatic rings. The molecule has 2 heterocycles. The Hall–Kier alpha value is -2.12. The number of carbonyl (C=O) groups excluding carboxylic acids is 2. The van der Waals surface area contributed by atoms with Gasteiger partial charge >= 0.3 is 0 Å². The molecular weight excluding hydrogens is 432 g/mol. The van der Waals surface area contributed by atoms with Crippen LogP contribution in [0.15, 0.2) is 58.3 Å². The minimum atomic E-state index is -0.220. The zero-order valence-corrected chi connectivity index (χ0v) is 19.0. The molecule has 0 spiro atoms. The smallest absolute Gasteiger partial charge is 0.268 e. The van der Waals surface area contributed by atoms with Crippen molar-refractivity contribution >= 4 is 40.8 Å². The molecule has 2 amide bonds. The van der Waals surface area contributed by atoms with E-state index in [9.17, 15) is 9.59 Å². The standard InChI is InChI=1S/C24H25ClN2O3S/c1-17-3-5-18(6-4-17)21-22(31-20-9-7-19(25)8-10-20)24(29)27(23(21)28)12-2-11-26-13-15-30-16-14-26/h3-10H,2,11-16H2,1H3. The van der Waals surface area contributed by atoms with Crippen LogP contribution in [-0.4, -0.2) is 61.0 Å². The van der Waals surface area contributed by atoms with Gasteiger partial charge in [0.2, 0.25) is 0 Å². The van der Waals surface area contributed by atoms with Crippen LogP contribution in [-0.2, 0) is 14.3 Å². The van der Waals surface area contributed by atoms with E-state index in [1.54, 1.807) is 12.1 Å². The summed E-state index contributed by atoms with van der Waals surface area (Å²) in [6.07, 6.45) is 0.748. The number of carbonyl (C=O) groups is 2. The van der Waals surface area contributed by atoms with Gasteiger partial charge in [0.1, 0.15) is 0 Å². The van der Waals surface area contributed by atoms with E-state index in [0.29, 0.717) is 22.0 Å². The molecule has 162 valence electrons. The van der Waals surface area contributed by atoms with Crippen molar-refractivity contribution in [2.75, 3.05) is 39.4 Å². The van der Waals surface area contributed by atoms with Crippen molar-refractivity contribution in [3.8, 4) is 0 Å². The highest BCUT2D eigenvalue weighted by Gasteiger charge is 2.39. The second-order valence-electron chi connectivity index (χ2n) is 7.70. The zero-order chi connectivity index (χ0) is 21.8. The number of thioether (sulfide) groups is 1. The van der Waals surface area contributed by atoms with Crippen LogP contribution in [0.1, 0.15) is 17.5 Å². The average Bonchev–Trinajstić information content (AvgIpc) is 3.01. The number of halogens is 1. The molecule has 0 radical (unpaired) electrons. The summed E-state index contributed by atoms with van der Waals surface area (Å²) in [6.45, 7) is 6.53. The summed E-state index contributed by atoms with van der Waals surface area (Å²) >= 11 is 7.33. The fourth-order valence-corrected chi connectivity index (χ4v) is 4.86. The van der Waals surface area contributed by atoms with Crippen LogP contribution in [0.25, 0.3) is 5.57 Å². The molecule has 5 nitrogen and oxygen atoms in total. The molecule has 0 N–H and O–H groups in total. The molecular formula is C24H25ClN2O3S. The van der Waals surface area contributed by atoms with Gasteiger partial charge in [-0.1, -0.05) is 53.2 Å². The molecule has 0 atom stereocenters. The summed E-state index contributed by atoms with van der Waals surface area (Å²) in [6, 6.07) is 15.1. The lowest BCUT2D eigenvalue weighted by Crippen LogP contribution is -2.39. The molecule has 2 aromatic carbocycles. The van der Waals surface area contributed by atoms with Crippen LogP contribution in [0.4, 0.5) is 0 Å². The first-order chi connectivity index (χ1) is 15.0. The Bertz CT molecular complexity index is 983. The van der Waals surface area contributed by atoms with Crippen LogP contribution in [0.2, 0.25) is 5.02 Å². The lowest BCUT2D eigenvalue weighted by molar-refractivity contribution is -0.136. The van der Waals surface area contributed by atoms with Crippen LogP contribution >= 0.6 is 23.4 Å². The van der Waals surface area contributed by atoms with Gasteiger partial charge in [-0.05, 0) is 43.2 Å². The van der Waals surface area contributed by atoms with E-state index in [-0.39, 0.29) is 11.8 Å². The largest absolute Gasteiger partial charge is 0.379 e. The van der Waals surface area contributed by atoms with Gasteiger partial charge in [0.25, 0.3) is 11.8 Å². The normalized spacial score (nSPS) is 17.7. The number of aryl methyl sites for hydroxylation is 1. The molecule has 2 aromatic rings. The molecule has 1 saturated heterocycles. The van der Waals surface area contributed by atoms with Crippen molar-refractivity contribution in [2.45, 2.75) is 18.2 Å². The quantitative estimate of drug-likeness (QED) is 0.583. The first-order valence-electron chi connectivity index (χ1n) is 10.4. The Morgan fingerprint density at radius 3 is 2.29 bits per heavy atom. The number of amides is 2. The van der Waals surface area contributed by atoms with E-state index in [1.165, 1.54) is 16.7 Å². The molecule has 0 aliphatic carbocycles. The number of ether oxygens (including phenoxy) is 1. The van der Waals surface area contributed by atoms with Crippen molar-refractivity contribution in [3.63, 3.8) is 0 Å². The number of hydrogen-bond acceptors (Lipinski definition) is 5. The van der Waals surface area contributed by atoms with Gasteiger partial charge in [-0.3, -0.25) is 19.4 Å². The lowest BCUT2D eigenvalue weighted by Gasteiger charge is -2.27. The van der Waals surface area contributed by atoms with E-state index in [4.69, 9.17) is 16.3 Å². The van der Waals surface area contributed by atoms with Crippen LogP contribution in [0, 0.1) is 6.92 Å². The number of rotatable bonds is 7. The number of imide groups is 1. The van der Waals surface area contributed by atoms with E-state index < -0.39 is 0 Å². The molecule has 31 heavy (non-hydrogen) atoms. The number of morpholine rings is 1. The molecule has 0 saturated carbocycles. The van der Waals surface area contributed by atoms with Crippen LogP contribution in [0.5, 0.6) is 0 Å². The van der Waals surface area contributed by atoms with Gasteiger partial charge in [0.15, 0.2) is 0 Å². The van der Waals surface area contributed by atoms with E-state index >= 15 is 0 Å². The van der Waals surface area contributed by atoms with Gasteiger partial charge in [-0.25, -0.2) is 0 Å². The van der Waals surface area contributed by atoms with Gasteiger partial charge in [0, 0.05) is 36.1 Å². The third-order valence-corrected chi connectivity index (χ3v) is 6.80. The predicted octanol–water partition coefficient (Wildman–Crippen LogP) is 4.24. The van der Waals surface area contributed by atoms with Gasteiger partial charge in [-0.2, -0.15) is 0 Å². The number of benzene rings is 2. The van der Waals surface area contributed by atoms with Crippen molar-refractivity contribution in [2.24, 2.45) is 0 Å². The maximum atomic E-state index is 13.3.